The van der Waals surface area contributed by atoms with Gasteiger partial charge < -0.3 is 29.0 Å². The molecule has 6 nitrogen and oxygen atoms in total. The maximum atomic E-state index is 5.90. The molecular weight excluding hydrogens is 322 g/mol. The van der Waals surface area contributed by atoms with Crippen molar-refractivity contribution in [2.75, 3.05) is 27.2 Å². The molecule has 0 saturated heterocycles. The Labute approximate surface area is 144 Å². The van der Waals surface area contributed by atoms with Gasteiger partial charge in [0.1, 0.15) is 0 Å². The van der Waals surface area contributed by atoms with E-state index in [9.17, 15) is 0 Å². The molecule has 1 atom stereocenters. The van der Waals surface area contributed by atoms with Crippen molar-refractivity contribution < 1.29 is 23.7 Å². The van der Waals surface area contributed by atoms with Crippen molar-refractivity contribution in [2.24, 2.45) is 0 Å². The lowest BCUT2D eigenvalue weighted by Gasteiger charge is -2.35. The van der Waals surface area contributed by atoms with Crippen molar-refractivity contribution in [3.8, 4) is 39.9 Å². The molecule has 1 unspecified atom stereocenters. The molecule has 3 aliphatic heterocycles. The zero-order chi connectivity index (χ0) is 16.5. The van der Waals surface area contributed by atoms with Crippen LogP contribution in [-0.2, 0) is 12.8 Å². The molecule has 4 aliphatic rings. The number of benzene rings is 2. The molecule has 2 aromatic rings. The number of rotatable bonds is 1. The van der Waals surface area contributed by atoms with Crippen molar-refractivity contribution in [3.05, 3.63) is 28.8 Å². The van der Waals surface area contributed by atoms with Gasteiger partial charge in [0.15, 0.2) is 23.0 Å². The zero-order valence-electron chi connectivity index (χ0n) is 13.8. The zero-order valence-corrected chi connectivity index (χ0v) is 13.8. The molecule has 0 fully saturated rings. The molecular formula is C19H17NO5. The highest BCUT2D eigenvalue weighted by Gasteiger charge is 2.41. The summed E-state index contributed by atoms with van der Waals surface area (Å²) < 4.78 is 28.8. The van der Waals surface area contributed by atoms with Crippen LogP contribution in [0.3, 0.4) is 0 Å². The van der Waals surface area contributed by atoms with Crippen LogP contribution in [0.5, 0.6) is 28.7 Å². The maximum Gasteiger partial charge on any atom is 0.231 e. The summed E-state index contributed by atoms with van der Waals surface area (Å²) in [5, 5.41) is 3.64. The average molecular weight is 339 g/mol. The van der Waals surface area contributed by atoms with E-state index in [1.807, 2.05) is 6.07 Å². The Hall–Kier alpha value is -2.60. The summed E-state index contributed by atoms with van der Waals surface area (Å²) in [7, 11) is 1.70. The van der Waals surface area contributed by atoms with Gasteiger partial charge in [0, 0.05) is 22.7 Å². The SMILES string of the molecule is COc1c2c3c(c4c1OCO4)-c1c(ccc4c1OCO4)CC3NCC2. The molecule has 0 amide bonds. The van der Waals surface area contributed by atoms with Gasteiger partial charge in [-0.1, -0.05) is 6.07 Å². The van der Waals surface area contributed by atoms with E-state index in [0.29, 0.717) is 5.75 Å². The fourth-order valence-electron chi connectivity index (χ4n) is 4.59. The first-order valence-electron chi connectivity index (χ1n) is 8.54. The minimum atomic E-state index is 0.210. The van der Waals surface area contributed by atoms with E-state index in [-0.39, 0.29) is 19.6 Å². The number of methoxy groups -OCH3 is 1. The Bertz CT molecular complexity index is 923. The van der Waals surface area contributed by atoms with Gasteiger partial charge in [-0.05, 0) is 36.6 Å². The van der Waals surface area contributed by atoms with Crippen LogP contribution in [0.2, 0.25) is 0 Å². The quantitative estimate of drug-likeness (QED) is 0.862. The molecule has 128 valence electrons. The van der Waals surface area contributed by atoms with Crippen LogP contribution in [0.4, 0.5) is 0 Å². The van der Waals surface area contributed by atoms with E-state index in [1.165, 1.54) is 16.7 Å². The van der Waals surface area contributed by atoms with Crippen molar-refractivity contribution >= 4 is 0 Å². The van der Waals surface area contributed by atoms with Crippen LogP contribution in [0.15, 0.2) is 12.1 Å². The van der Waals surface area contributed by atoms with Crippen molar-refractivity contribution in [3.63, 3.8) is 0 Å². The first-order valence-corrected chi connectivity index (χ1v) is 8.54. The minimum absolute atomic E-state index is 0.210. The van der Waals surface area contributed by atoms with Crippen LogP contribution in [0.25, 0.3) is 11.1 Å². The lowest BCUT2D eigenvalue weighted by Crippen LogP contribution is -2.34. The fourth-order valence-corrected chi connectivity index (χ4v) is 4.59. The molecule has 0 aromatic heterocycles. The van der Waals surface area contributed by atoms with E-state index in [2.05, 4.69) is 11.4 Å². The van der Waals surface area contributed by atoms with Gasteiger partial charge in [0.05, 0.1) is 7.11 Å². The predicted octanol–water partition coefficient (Wildman–Crippen LogP) is 2.56. The highest BCUT2D eigenvalue weighted by atomic mass is 16.7. The molecule has 0 radical (unpaired) electrons. The first kappa shape index (κ1) is 13.7. The van der Waals surface area contributed by atoms with Crippen LogP contribution in [0, 0.1) is 0 Å². The summed E-state index contributed by atoms with van der Waals surface area (Å²) in [4.78, 5) is 0. The number of hydrogen-bond donors (Lipinski definition) is 1. The molecule has 1 aliphatic carbocycles. The van der Waals surface area contributed by atoms with Gasteiger partial charge in [-0.2, -0.15) is 0 Å². The number of nitrogens with one attached hydrogen (secondary N) is 1. The van der Waals surface area contributed by atoms with Crippen molar-refractivity contribution in [2.45, 2.75) is 18.9 Å². The minimum Gasteiger partial charge on any atom is -0.492 e. The highest BCUT2D eigenvalue weighted by molar-refractivity contribution is 5.90. The molecule has 1 N–H and O–H groups in total. The van der Waals surface area contributed by atoms with Crippen LogP contribution in [0.1, 0.15) is 22.7 Å². The second-order valence-electron chi connectivity index (χ2n) is 6.66. The molecule has 25 heavy (non-hydrogen) atoms. The lowest BCUT2D eigenvalue weighted by atomic mass is 9.76. The molecule has 0 spiro atoms. The third-order valence-electron chi connectivity index (χ3n) is 5.53. The van der Waals surface area contributed by atoms with Gasteiger partial charge >= 0.3 is 0 Å². The summed E-state index contributed by atoms with van der Waals surface area (Å²) in [5.41, 5.74) is 5.86. The predicted molar refractivity (Wildman–Crippen MR) is 88.8 cm³/mol. The monoisotopic (exact) mass is 339 g/mol. The van der Waals surface area contributed by atoms with Gasteiger partial charge in [-0.3, -0.25) is 0 Å². The summed E-state index contributed by atoms with van der Waals surface area (Å²) in [6.45, 7) is 1.39. The van der Waals surface area contributed by atoms with Crippen molar-refractivity contribution in [1.29, 1.82) is 0 Å². The molecule has 0 saturated carbocycles. The normalized spacial score (nSPS) is 20.9. The summed E-state index contributed by atoms with van der Waals surface area (Å²) in [5.74, 6) is 3.88. The Balaban J connectivity index is 1.75. The van der Waals surface area contributed by atoms with E-state index >= 15 is 0 Å². The molecule has 6 heteroatoms. The second kappa shape index (κ2) is 4.73. The Morgan fingerprint density at radius 1 is 1.00 bits per heavy atom. The molecule has 6 rings (SSSR count). The van der Waals surface area contributed by atoms with Gasteiger partial charge in [-0.25, -0.2) is 0 Å². The number of ether oxygens (including phenoxy) is 5. The van der Waals surface area contributed by atoms with Crippen LogP contribution < -0.4 is 29.0 Å². The number of hydrogen-bond acceptors (Lipinski definition) is 6. The smallest absolute Gasteiger partial charge is 0.231 e. The van der Waals surface area contributed by atoms with Gasteiger partial charge in [0.2, 0.25) is 19.3 Å². The van der Waals surface area contributed by atoms with E-state index in [0.717, 1.165) is 53.5 Å². The molecule has 2 aromatic carbocycles. The third-order valence-corrected chi connectivity index (χ3v) is 5.53. The first-order chi connectivity index (χ1) is 12.4. The number of fused-ring (bicyclic) bond motifs is 6. The Morgan fingerprint density at radius 2 is 1.84 bits per heavy atom. The summed E-state index contributed by atoms with van der Waals surface area (Å²) in [6.07, 6.45) is 1.81. The standard InChI is InChI=1S/C19H17NO5/c1-21-16-10-4-5-20-11-6-9-2-3-12-17(23-7-22-12)13(9)15(14(10)11)18-19(16)25-8-24-18/h2-3,11,20H,4-8H2,1H3. The van der Waals surface area contributed by atoms with E-state index in [4.69, 9.17) is 23.7 Å². The average Bonchev–Trinajstić information content (AvgIpc) is 3.30. The third kappa shape index (κ3) is 1.63. The Morgan fingerprint density at radius 3 is 2.76 bits per heavy atom. The molecule has 0 bridgehead atoms. The largest absolute Gasteiger partial charge is 0.492 e. The van der Waals surface area contributed by atoms with Crippen LogP contribution in [-0.4, -0.2) is 27.2 Å². The fraction of sp³-hybridized carbons (Fsp3) is 0.368. The Kier molecular flexibility index (Phi) is 2.58. The van der Waals surface area contributed by atoms with Gasteiger partial charge in [-0.15, -0.1) is 0 Å². The van der Waals surface area contributed by atoms with Crippen molar-refractivity contribution in [1.82, 2.24) is 5.32 Å². The van der Waals surface area contributed by atoms with E-state index in [1.54, 1.807) is 7.11 Å². The van der Waals surface area contributed by atoms with Gasteiger partial charge in [0.25, 0.3) is 0 Å². The lowest BCUT2D eigenvalue weighted by molar-refractivity contribution is 0.171. The highest BCUT2D eigenvalue weighted by Crippen LogP contribution is 2.60. The topological polar surface area (TPSA) is 58.2 Å². The van der Waals surface area contributed by atoms with Crippen LogP contribution >= 0.6 is 0 Å². The summed E-state index contributed by atoms with van der Waals surface area (Å²) >= 11 is 0. The maximum absolute atomic E-state index is 5.90. The summed E-state index contributed by atoms with van der Waals surface area (Å²) in [6, 6.07) is 4.38. The van der Waals surface area contributed by atoms with E-state index < -0.39 is 0 Å². The second-order valence-corrected chi connectivity index (χ2v) is 6.66. The molecule has 3 heterocycles.